The van der Waals surface area contributed by atoms with Gasteiger partial charge in [0.15, 0.2) is 5.82 Å². The zero-order chi connectivity index (χ0) is 13.5. The van der Waals surface area contributed by atoms with E-state index >= 15 is 0 Å². The lowest BCUT2D eigenvalue weighted by Gasteiger charge is -2.25. The largest absolute Gasteiger partial charge is 0.312 e. The third-order valence-electron chi connectivity index (χ3n) is 3.44. The summed E-state index contributed by atoms with van der Waals surface area (Å²) in [6.07, 6.45) is 4.14. The molecule has 1 aromatic rings. The number of nitrogens with one attached hydrogen (secondary N) is 1. The Hall–Kier alpha value is -0.900. The zero-order valence-corrected chi connectivity index (χ0v) is 12.5. The molecule has 1 N–H and O–H groups in total. The van der Waals surface area contributed by atoms with Gasteiger partial charge in [-0.3, -0.25) is 0 Å². The van der Waals surface area contributed by atoms with E-state index in [4.69, 9.17) is 0 Å². The molecule has 0 radical (unpaired) electrons. The highest BCUT2D eigenvalue weighted by atomic mass is 15.4. The fourth-order valence-electron chi connectivity index (χ4n) is 2.28. The summed E-state index contributed by atoms with van der Waals surface area (Å²) in [5, 5.41) is 8.25. The van der Waals surface area contributed by atoms with Crippen molar-refractivity contribution in [2.24, 2.45) is 0 Å². The summed E-state index contributed by atoms with van der Waals surface area (Å²) in [6.45, 7) is 12.0. The SMILES string of the molecule is CCCNC(CC)C(C)n1nc(CC)nc1CC. The van der Waals surface area contributed by atoms with Gasteiger partial charge in [-0.05, 0) is 26.3 Å². The second-order valence-corrected chi connectivity index (χ2v) is 4.81. The number of rotatable bonds is 8. The molecule has 0 fully saturated rings. The molecule has 2 unspecified atom stereocenters. The van der Waals surface area contributed by atoms with Gasteiger partial charge in [-0.25, -0.2) is 9.67 Å². The third kappa shape index (κ3) is 3.55. The Morgan fingerprint density at radius 3 is 2.39 bits per heavy atom. The lowest BCUT2D eigenvalue weighted by Crippen LogP contribution is -2.37. The van der Waals surface area contributed by atoms with Crippen LogP contribution >= 0.6 is 0 Å². The molecule has 4 nitrogen and oxygen atoms in total. The fraction of sp³-hybridized carbons (Fsp3) is 0.857. The molecule has 1 heterocycles. The van der Waals surface area contributed by atoms with Crippen LogP contribution in [0.15, 0.2) is 0 Å². The number of hydrogen-bond acceptors (Lipinski definition) is 3. The van der Waals surface area contributed by atoms with Gasteiger partial charge in [0, 0.05) is 18.9 Å². The highest BCUT2D eigenvalue weighted by molar-refractivity contribution is 4.96. The van der Waals surface area contributed by atoms with Crippen molar-refractivity contribution in [1.29, 1.82) is 0 Å². The Bertz CT molecular complexity index is 346. The standard InChI is InChI=1S/C14H28N4/c1-6-10-15-12(7-2)11(5)18-14(9-4)16-13(8-3)17-18/h11-12,15H,6-10H2,1-5H3. The van der Waals surface area contributed by atoms with E-state index in [0.717, 1.165) is 37.5 Å². The first kappa shape index (κ1) is 15.2. The maximum Gasteiger partial charge on any atom is 0.150 e. The second-order valence-electron chi connectivity index (χ2n) is 4.81. The second kappa shape index (κ2) is 7.52. The van der Waals surface area contributed by atoms with Crippen molar-refractivity contribution in [2.75, 3.05) is 6.54 Å². The van der Waals surface area contributed by atoms with E-state index in [2.05, 4.69) is 54.7 Å². The average Bonchev–Trinajstić information content (AvgIpc) is 2.82. The molecule has 2 atom stereocenters. The Morgan fingerprint density at radius 1 is 1.17 bits per heavy atom. The summed E-state index contributed by atoms with van der Waals surface area (Å²) < 4.78 is 2.12. The van der Waals surface area contributed by atoms with Crippen LogP contribution in [-0.4, -0.2) is 27.4 Å². The lowest BCUT2D eigenvalue weighted by atomic mass is 10.1. The van der Waals surface area contributed by atoms with Gasteiger partial charge in [-0.15, -0.1) is 0 Å². The third-order valence-corrected chi connectivity index (χ3v) is 3.44. The summed E-state index contributed by atoms with van der Waals surface area (Å²) in [5.74, 6) is 2.07. The van der Waals surface area contributed by atoms with Gasteiger partial charge in [0.1, 0.15) is 5.82 Å². The quantitative estimate of drug-likeness (QED) is 0.773. The van der Waals surface area contributed by atoms with Crippen LogP contribution < -0.4 is 5.32 Å². The molecule has 0 spiro atoms. The molecule has 0 bridgehead atoms. The highest BCUT2D eigenvalue weighted by Gasteiger charge is 2.20. The molecule has 0 amide bonds. The number of aromatic nitrogens is 3. The van der Waals surface area contributed by atoms with Crippen LogP contribution in [-0.2, 0) is 12.8 Å². The summed E-state index contributed by atoms with van der Waals surface area (Å²) in [7, 11) is 0. The summed E-state index contributed by atoms with van der Waals surface area (Å²) in [6, 6.07) is 0.839. The summed E-state index contributed by atoms with van der Waals surface area (Å²) >= 11 is 0. The number of aryl methyl sites for hydroxylation is 2. The normalized spacial score (nSPS) is 14.7. The van der Waals surface area contributed by atoms with Crippen molar-refractivity contribution >= 4 is 0 Å². The van der Waals surface area contributed by atoms with Crippen LogP contribution in [0.25, 0.3) is 0 Å². The van der Waals surface area contributed by atoms with Crippen LogP contribution in [0.4, 0.5) is 0 Å². The Kier molecular flexibility index (Phi) is 6.33. The van der Waals surface area contributed by atoms with Gasteiger partial charge < -0.3 is 5.32 Å². The molecule has 4 heteroatoms. The number of nitrogens with zero attached hydrogens (tertiary/aromatic N) is 3. The van der Waals surface area contributed by atoms with Crippen molar-refractivity contribution in [3.63, 3.8) is 0 Å². The van der Waals surface area contributed by atoms with Crippen molar-refractivity contribution in [2.45, 2.75) is 72.4 Å². The van der Waals surface area contributed by atoms with Crippen molar-refractivity contribution in [1.82, 2.24) is 20.1 Å². The van der Waals surface area contributed by atoms with Gasteiger partial charge in [-0.2, -0.15) is 5.10 Å². The highest BCUT2D eigenvalue weighted by Crippen LogP contribution is 2.16. The predicted molar refractivity (Wildman–Crippen MR) is 75.9 cm³/mol. The predicted octanol–water partition coefficient (Wildman–Crippen LogP) is 2.74. The minimum absolute atomic E-state index is 0.365. The number of hydrogen-bond donors (Lipinski definition) is 1. The molecule has 104 valence electrons. The Morgan fingerprint density at radius 2 is 1.89 bits per heavy atom. The van der Waals surface area contributed by atoms with Gasteiger partial charge in [0.05, 0.1) is 6.04 Å². The Balaban J connectivity index is 2.85. The van der Waals surface area contributed by atoms with Gasteiger partial charge in [0.2, 0.25) is 0 Å². The smallest absolute Gasteiger partial charge is 0.150 e. The van der Waals surface area contributed by atoms with Gasteiger partial charge in [0.25, 0.3) is 0 Å². The van der Waals surface area contributed by atoms with Gasteiger partial charge in [-0.1, -0.05) is 27.7 Å². The van der Waals surface area contributed by atoms with Crippen molar-refractivity contribution in [3.05, 3.63) is 11.6 Å². The van der Waals surface area contributed by atoms with E-state index in [0.29, 0.717) is 12.1 Å². The average molecular weight is 252 g/mol. The monoisotopic (exact) mass is 252 g/mol. The zero-order valence-electron chi connectivity index (χ0n) is 12.5. The topological polar surface area (TPSA) is 42.7 Å². The molecule has 0 aliphatic carbocycles. The molecule has 0 aliphatic heterocycles. The lowest BCUT2D eigenvalue weighted by molar-refractivity contribution is 0.330. The van der Waals surface area contributed by atoms with Crippen molar-refractivity contribution < 1.29 is 0 Å². The van der Waals surface area contributed by atoms with Crippen LogP contribution in [0.3, 0.4) is 0 Å². The molecular weight excluding hydrogens is 224 g/mol. The molecular formula is C14H28N4. The first-order valence-corrected chi connectivity index (χ1v) is 7.35. The van der Waals surface area contributed by atoms with Gasteiger partial charge >= 0.3 is 0 Å². The Labute approximate surface area is 111 Å². The van der Waals surface area contributed by atoms with Crippen LogP contribution in [0.5, 0.6) is 0 Å². The van der Waals surface area contributed by atoms with Crippen LogP contribution in [0.1, 0.15) is 65.2 Å². The first-order valence-electron chi connectivity index (χ1n) is 7.35. The molecule has 0 saturated carbocycles. The molecule has 1 rings (SSSR count). The van der Waals surface area contributed by atoms with Crippen molar-refractivity contribution in [3.8, 4) is 0 Å². The molecule has 0 aliphatic rings. The first-order chi connectivity index (χ1) is 8.67. The van der Waals surface area contributed by atoms with E-state index < -0.39 is 0 Å². The van der Waals surface area contributed by atoms with Crippen LogP contribution in [0, 0.1) is 0 Å². The summed E-state index contributed by atoms with van der Waals surface area (Å²) in [4.78, 5) is 4.59. The molecule has 1 aromatic heterocycles. The summed E-state index contributed by atoms with van der Waals surface area (Å²) in [5.41, 5.74) is 0. The van der Waals surface area contributed by atoms with E-state index in [9.17, 15) is 0 Å². The fourth-order valence-corrected chi connectivity index (χ4v) is 2.28. The maximum atomic E-state index is 4.64. The maximum absolute atomic E-state index is 4.64. The van der Waals surface area contributed by atoms with E-state index in [1.165, 1.54) is 6.42 Å². The van der Waals surface area contributed by atoms with Crippen LogP contribution in [0.2, 0.25) is 0 Å². The molecule has 18 heavy (non-hydrogen) atoms. The minimum atomic E-state index is 0.365. The minimum Gasteiger partial charge on any atom is -0.312 e. The van der Waals surface area contributed by atoms with E-state index in [-0.39, 0.29) is 0 Å². The van der Waals surface area contributed by atoms with E-state index in [1.807, 2.05) is 0 Å². The van der Waals surface area contributed by atoms with E-state index in [1.54, 1.807) is 0 Å². The molecule has 0 saturated heterocycles. The molecule has 0 aromatic carbocycles.